The van der Waals surface area contributed by atoms with E-state index in [1.807, 2.05) is 26.2 Å². The lowest BCUT2D eigenvalue weighted by molar-refractivity contribution is 0.0691. The van der Waals surface area contributed by atoms with Crippen molar-refractivity contribution in [1.82, 2.24) is 15.0 Å². The van der Waals surface area contributed by atoms with Gasteiger partial charge in [0.2, 0.25) is 0 Å². The van der Waals surface area contributed by atoms with Crippen molar-refractivity contribution in [1.29, 1.82) is 0 Å². The number of anilines is 1. The van der Waals surface area contributed by atoms with Crippen molar-refractivity contribution in [3.63, 3.8) is 0 Å². The highest BCUT2D eigenvalue weighted by Gasteiger charge is 2.16. The van der Waals surface area contributed by atoms with Gasteiger partial charge in [0.05, 0.1) is 16.9 Å². The monoisotopic (exact) mass is 306 g/mol. The van der Waals surface area contributed by atoms with Gasteiger partial charge in [0.1, 0.15) is 5.82 Å². The average Bonchev–Trinajstić information content (AvgIpc) is 2.98. The van der Waals surface area contributed by atoms with Crippen LogP contribution in [0.2, 0.25) is 0 Å². The van der Waals surface area contributed by atoms with Crippen LogP contribution < -0.4 is 5.32 Å². The summed E-state index contributed by atoms with van der Waals surface area (Å²) < 4.78 is 0. The Labute approximate surface area is 127 Å². The van der Waals surface area contributed by atoms with Crippen molar-refractivity contribution < 1.29 is 9.90 Å². The molecule has 0 aliphatic rings. The summed E-state index contributed by atoms with van der Waals surface area (Å²) in [6, 6.07) is 0. The van der Waals surface area contributed by atoms with E-state index in [-0.39, 0.29) is 17.5 Å². The number of aromatic nitrogens is 3. The lowest BCUT2D eigenvalue weighted by atomic mass is 10.2. The zero-order valence-corrected chi connectivity index (χ0v) is 13.0. The van der Waals surface area contributed by atoms with Crippen LogP contribution in [0.5, 0.6) is 0 Å². The second-order valence-electron chi connectivity index (χ2n) is 5.10. The molecule has 0 fully saturated rings. The summed E-state index contributed by atoms with van der Waals surface area (Å²) in [6.07, 6.45) is 3.31. The minimum atomic E-state index is -1.05. The highest BCUT2D eigenvalue weighted by atomic mass is 32.1. The Kier molecular flexibility index (Phi) is 4.85. The third-order valence-corrected chi connectivity index (χ3v) is 4.01. The molecule has 21 heavy (non-hydrogen) atoms. The molecule has 2 rings (SSSR count). The predicted molar refractivity (Wildman–Crippen MR) is 82.1 cm³/mol. The second kappa shape index (κ2) is 6.62. The van der Waals surface area contributed by atoms with Gasteiger partial charge in [-0.15, -0.1) is 11.3 Å². The Morgan fingerprint density at radius 1 is 1.38 bits per heavy atom. The molecule has 112 valence electrons. The molecule has 2 heterocycles. The van der Waals surface area contributed by atoms with Crippen LogP contribution in [-0.4, -0.2) is 32.6 Å². The molecule has 0 aromatic carbocycles. The number of aromatic carboxylic acids is 1. The van der Waals surface area contributed by atoms with Crippen LogP contribution in [0.25, 0.3) is 0 Å². The van der Waals surface area contributed by atoms with E-state index in [0.717, 1.165) is 5.01 Å². The van der Waals surface area contributed by atoms with E-state index in [0.29, 0.717) is 18.1 Å². The van der Waals surface area contributed by atoms with Crippen molar-refractivity contribution in [2.45, 2.75) is 32.6 Å². The lowest BCUT2D eigenvalue weighted by Gasteiger charge is -2.13. The summed E-state index contributed by atoms with van der Waals surface area (Å²) in [7, 11) is 0. The zero-order chi connectivity index (χ0) is 15.4. The van der Waals surface area contributed by atoms with Gasteiger partial charge in [0, 0.05) is 30.0 Å². The summed E-state index contributed by atoms with van der Waals surface area (Å²) in [5, 5.41) is 15.3. The topological polar surface area (TPSA) is 88.0 Å². The lowest BCUT2D eigenvalue weighted by Crippen LogP contribution is -2.15. The summed E-state index contributed by atoms with van der Waals surface area (Å²) in [5.74, 6) is -0.238. The molecule has 7 heteroatoms. The Hall–Kier alpha value is -2.02. The van der Waals surface area contributed by atoms with E-state index >= 15 is 0 Å². The molecular weight excluding hydrogens is 288 g/mol. The van der Waals surface area contributed by atoms with Crippen LogP contribution in [-0.2, 0) is 0 Å². The number of carbonyl (C=O) groups is 1. The van der Waals surface area contributed by atoms with Crippen LogP contribution in [0.15, 0.2) is 17.8 Å². The van der Waals surface area contributed by atoms with Gasteiger partial charge < -0.3 is 10.4 Å². The molecule has 0 saturated carbocycles. The molecule has 0 radical (unpaired) electrons. The quantitative estimate of drug-likeness (QED) is 0.853. The molecule has 2 aromatic rings. The van der Waals surface area contributed by atoms with E-state index in [1.54, 1.807) is 23.7 Å². The van der Waals surface area contributed by atoms with Crippen molar-refractivity contribution in [2.24, 2.45) is 0 Å². The maximum Gasteiger partial charge on any atom is 0.356 e. The molecule has 2 N–H and O–H groups in total. The number of hydrogen-bond donors (Lipinski definition) is 2. The second-order valence-corrected chi connectivity index (χ2v) is 6.03. The summed E-state index contributed by atoms with van der Waals surface area (Å²) in [4.78, 5) is 23.9. The predicted octanol–water partition coefficient (Wildman–Crippen LogP) is 2.97. The molecule has 0 aliphatic carbocycles. The van der Waals surface area contributed by atoms with E-state index in [2.05, 4.69) is 20.3 Å². The van der Waals surface area contributed by atoms with Gasteiger partial charge in [-0.1, -0.05) is 20.8 Å². The minimum Gasteiger partial charge on any atom is -0.476 e. The van der Waals surface area contributed by atoms with Gasteiger partial charge in [-0.25, -0.2) is 19.7 Å². The van der Waals surface area contributed by atoms with Crippen LogP contribution in [0.3, 0.4) is 0 Å². The largest absolute Gasteiger partial charge is 0.476 e. The number of rotatable bonds is 6. The van der Waals surface area contributed by atoms with Crippen molar-refractivity contribution >= 4 is 23.0 Å². The van der Waals surface area contributed by atoms with Gasteiger partial charge >= 0.3 is 5.97 Å². The number of carboxylic acid groups (broad SMARTS) is 1. The minimum absolute atomic E-state index is 0.0139. The standard InChI is InChI=1S/C14H18N4O2S/c1-8(2)12-17-7-10(11(18-12)14(19)20)16-6-9(3)13-15-4-5-21-13/h4-5,7-9,16H,6H2,1-3H3,(H,19,20). The Morgan fingerprint density at radius 2 is 2.14 bits per heavy atom. The summed E-state index contributed by atoms with van der Waals surface area (Å²) in [5.41, 5.74) is 0.454. The molecule has 0 aliphatic heterocycles. The zero-order valence-electron chi connectivity index (χ0n) is 12.2. The average molecular weight is 306 g/mol. The molecule has 1 unspecified atom stereocenters. The van der Waals surface area contributed by atoms with Crippen molar-refractivity contribution in [2.75, 3.05) is 11.9 Å². The molecular formula is C14H18N4O2S. The number of hydrogen-bond acceptors (Lipinski definition) is 6. The number of nitrogens with zero attached hydrogens (tertiary/aromatic N) is 3. The smallest absolute Gasteiger partial charge is 0.356 e. The van der Waals surface area contributed by atoms with Crippen molar-refractivity contribution in [3.8, 4) is 0 Å². The van der Waals surface area contributed by atoms with E-state index < -0.39 is 5.97 Å². The third-order valence-electron chi connectivity index (χ3n) is 3.00. The molecule has 1 atom stereocenters. The highest BCUT2D eigenvalue weighted by molar-refractivity contribution is 7.09. The third kappa shape index (κ3) is 3.75. The summed E-state index contributed by atoms with van der Waals surface area (Å²) in [6.45, 7) is 6.48. The van der Waals surface area contributed by atoms with Crippen molar-refractivity contribution in [3.05, 3.63) is 34.3 Å². The fraction of sp³-hybridized carbons (Fsp3) is 0.429. The number of carboxylic acids is 1. The molecule has 0 amide bonds. The van der Waals surface area contributed by atoms with Gasteiger partial charge in [-0.3, -0.25) is 0 Å². The first kappa shape index (κ1) is 15.4. The van der Waals surface area contributed by atoms with Gasteiger partial charge in [-0.2, -0.15) is 0 Å². The molecule has 0 saturated heterocycles. The Balaban J connectivity index is 2.14. The Morgan fingerprint density at radius 3 is 2.71 bits per heavy atom. The fourth-order valence-electron chi connectivity index (χ4n) is 1.79. The summed E-state index contributed by atoms with van der Waals surface area (Å²) >= 11 is 1.58. The molecule has 0 bridgehead atoms. The fourth-order valence-corrected chi connectivity index (χ4v) is 2.49. The maximum absolute atomic E-state index is 11.3. The first-order chi connectivity index (χ1) is 9.99. The number of thiazole rings is 1. The van der Waals surface area contributed by atoms with E-state index in [4.69, 9.17) is 0 Å². The number of nitrogens with one attached hydrogen (secondary N) is 1. The van der Waals surface area contributed by atoms with Gasteiger partial charge in [0.25, 0.3) is 0 Å². The van der Waals surface area contributed by atoms with Crippen LogP contribution in [0, 0.1) is 0 Å². The van der Waals surface area contributed by atoms with Crippen LogP contribution in [0.1, 0.15) is 53.9 Å². The molecule has 0 spiro atoms. The Bertz CT molecular complexity index is 613. The maximum atomic E-state index is 11.3. The first-order valence-corrected chi connectivity index (χ1v) is 7.60. The van der Waals surface area contributed by atoms with Crippen LogP contribution >= 0.6 is 11.3 Å². The van der Waals surface area contributed by atoms with Crippen LogP contribution in [0.4, 0.5) is 5.69 Å². The molecule has 2 aromatic heterocycles. The van der Waals surface area contributed by atoms with E-state index in [9.17, 15) is 9.90 Å². The van der Waals surface area contributed by atoms with E-state index in [1.165, 1.54) is 0 Å². The molecule has 6 nitrogen and oxygen atoms in total. The van der Waals surface area contributed by atoms with Gasteiger partial charge in [0.15, 0.2) is 5.69 Å². The normalized spacial score (nSPS) is 12.4. The highest BCUT2D eigenvalue weighted by Crippen LogP contribution is 2.20. The van der Waals surface area contributed by atoms with Gasteiger partial charge in [-0.05, 0) is 0 Å². The SMILES string of the molecule is CC(C)c1ncc(NCC(C)c2nccs2)c(C(=O)O)n1. The first-order valence-electron chi connectivity index (χ1n) is 6.72.